The standard InChI is InChI=1S/C17H29N3/c1-4-20-17(7-12(2)19-20)11-16(18-3)10-15-9-13-5-6-14(15)8-13/h7,13-16,18H,4-6,8-11H2,1-3H3. The molecule has 0 aromatic carbocycles. The summed E-state index contributed by atoms with van der Waals surface area (Å²) in [6, 6.07) is 2.87. The van der Waals surface area contributed by atoms with Gasteiger partial charge in [0.05, 0.1) is 5.69 Å². The van der Waals surface area contributed by atoms with Gasteiger partial charge in [-0.2, -0.15) is 5.10 Å². The van der Waals surface area contributed by atoms with Crippen LogP contribution in [0.2, 0.25) is 0 Å². The molecule has 1 N–H and O–H groups in total. The van der Waals surface area contributed by atoms with E-state index < -0.39 is 0 Å². The minimum atomic E-state index is 0.612. The molecule has 1 aromatic heterocycles. The van der Waals surface area contributed by atoms with E-state index in [-0.39, 0.29) is 0 Å². The minimum absolute atomic E-state index is 0.612. The SMILES string of the molecule is CCn1nc(C)cc1CC(CC1CC2CCC1C2)NC. The molecule has 0 radical (unpaired) electrons. The number of hydrogen-bond acceptors (Lipinski definition) is 2. The summed E-state index contributed by atoms with van der Waals surface area (Å²) in [5.74, 6) is 3.07. The Morgan fingerprint density at radius 1 is 1.40 bits per heavy atom. The van der Waals surface area contributed by atoms with E-state index in [9.17, 15) is 0 Å². The molecule has 20 heavy (non-hydrogen) atoms. The van der Waals surface area contributed by atoms with Crippen molar-refractivity contribution < 1.29 is 0 Å². The van der Waals surface area contributed by atoms with E-state index in [1.165, 1.54) is 37.8 Å². The molecule has 3 rings (SSSR count). The van der Waals surface area contributed by atoms with Crippen LogP contribution >= 0.6 is 0 Å². The van der Waals surface area contributed by atoms with Gasteiger partial charge in [-0.1, -0.05) is 6.42 Å². The van der Waals surface area contributed by atoms with Gasteiger partial charge < -0.3 is 5.32 Å². The van der Waals surface area contributed by atoms with Gasteiger partial charge in [0.15, 0.2) is 0 Å². The first-order valence-corrected chi connectivity index (χ1v) is 8.40. The number of nitrogens with one attached hydrogen (secondary N) is 1. The van der Waals surface area contributed by atoms with Gasteiger partial charge in [-0.15, -0.1) is 0 Å². The highest BCUT2D eigenvalue weighted by Gasteiger charge is 2.39. The van der Waals surface area contributed by atoms with E-state index in [0.29, 0.717) is 6.04 Å². The number of aryl methyl sites for hydroxylation is 2. The highest BCUT2D eigenvalue weighted by atomic mass is 15.3. The molecule has 112 valence electrons. The van der Waals surface area contributed by atoms with E-state index in [2.05, 4.69) is 42.1 Å². The molecule has 4 atom stereocenters. The Morgan fingerprint density at radius 2 is 2.25 bits per heavy atom. The molecule has 2 aliphatic rings. The van der Waals surface area contributed by atoms with E-state index in [1.54, 1.807) is 0 Å². The first kappa shape index (κ1) is 14.1. The Hall–Kier alpha value is -0.830. The number of aromatic nitrogens is 2. The highest BCUT2D eigenvalue weighted by Crippen LogP contribution is 2.49. The lowest BCUT2D eigenvalue weighted by molar-refractivity contribution is 0.280. The Balaban J connectivity index is 1.62. The zero-order valence-electron chi connectivity index (χ0n) is 13.2. The molecule has 0 saturated heterocycles. The number of likely N-dealkylation sites (N-methyl/N-ethyl adjacent to an activating group) is 1. The van der Waals surface area contributed by atoms with Gasteiger partial charge in [0.25, 0.3) is 0 Å². The summed E-state index contributed by atoms with van der Waals surface area (Å²) in [5.41, 5.74) is 2.55. The molecule has 1 aromatic rings. The molecule has 2 fully saturated rings. The van der Waals surface area contributed by atoms with E-state index >= 15 is 0 Å². The minimum Gasteiger partial charge on any atom is -0.317 e. The Bertz CT molecular complexity index is 451. The summed E-state index contributed by atoms with van der Waals surface area (Å²) in [5, 5.41) is 8.13. The van der Waals surface area contributed by atoms with Crippen molar-refractivity contribution in [3.05, 3.63) is 17.5 Å². The van der Waals surface area contributed by atoms with Gasteiger partial charge in [-0.3, -0.25) is 4.68 Å². The summed E-state index contributed by atoms with van der Waals surface area (Å²) in [6.45, 7) is 5.26. The first-order valence-electron chi connectivity index (χ1n) is 8.40. The Morgan fingerprint density at radius 3 is 2.85 bits per heavy atom. The summed E-state index contributed by atoms with van der Waals surface area (Å²) in [7, 11) is 2.12. The normalized spacial score (nSPS) is 30.1. The molecule has 2 aliphatic carbocycles. The van der Waals surface area contributed by atoms with Crippen molar-refractivity contribution in [3.63, 3.8) is 0 Å². The van der Waals surface area contributed by atoms with E-state index in [0.717, 1.165) is 36.4 Å². The van der Waals surface area contributed by atoms with Gasteiger partial charge in [0, 0.05) is 24.7 Å². The van der Waals surface area contributed by atoms with Crippen LogP contribution < -0.4 is 5.32 Å². The molecule has 0 amide bonds. The molecule has 4 unspecified atom stereocenters. The third kappa shape index (κ3) is 2.78. The topological polar surface area (TPSA) is 29.9 Å². The summed E-state index contributed by atoms with van der Waals surface area (Å²) in [6.07, 6.45) is 8.50. The summed E-state index contributed by atoms with van der Waals surface area (Å²) in [4.78, 5) is 0. The molecule has 3 heteroatoms. The average molecular weight is 275 g/mol. The molecule has 0 spiro atoms. The van der Waals surface area contributed by atoms with Crippen LogP contribution in [0.15, 0.2) is 6.07 Å². The number of fused-ring (bicyclic) bond motifs is 2. The monoisotopic (exact) mass is 275 g/mol. The van der Waals surface area contributed by atoms with Gasteiger partial charge in [-0.25, -0.2) is 0 Å². The van der Waals surface area contributed by atoms with Crippen molar-refractivity contribution in [2.45, 2.75) is 65.0 Å². The average Bonchev–Trinajstić information content (AvgIpc) is 3.13. The summed E-state index contributed by atoms with van der Waals surface area (Å²) < 4.78 is 2.17. The van der Waals surface area contributed by atoms with Gasteiger partial charge in [0.1, 0.15) is 0 Å². The fourth-order valence-electron chi connectivity index (χ4n) is 4.62. The van der Waals surface area contributed by atoms with Crippen molar-refractivity contribution in [2.24, 2.45) is 17.8 Å². The van der Waals surface area contributed by atoms with Crippen LogP contribution in [-0.2, 0) is 13.0 Å². The van der Waals surface area contributed by atoms with Crippen molar-refractivity contribution in [1.29, 1.82) is 0 Å². The van der Waals surface area contributed by atoms with Gasteiger partial charge in [0.2, 0.25) is 0 Å². The second-order valence-electron chi connectivity index (χ2n) is 6.95. The molecular weight excluding hydrogens is 246 g/mol. The lowest BCUT2D eigenvalue weighted by Gasteiger charge is -2.26. The number of nitrogens with zero attached hydrogens (tertiary/aromatic N) is 2. The van der Waals surface area contributed by atoms with Crippen LogP contribution in [0, 0.1) is 24.7 Å². The van der Waals surface area contributed by atoms with Crippen molar-refractivity contribution in [2.75, 3.05) is 7.05 Å². The molecule has 3 nitrogen and oxygen atoms in total. The smallest absolute Gasteiger partial charge is 0.0596 e. The Kier molecular flexibility index (Phi) is 4.16. The molecule has 1 heterocycles. The second kappa shape index (κ2) is 5.88. The quantitative estimate of drug-likeness (QED) is 0.864. The maximum absolute atomic E-state index is 4.58. The van der Waals surface area contributed by atoms with Gasteiger partial charge >= 0.3 is 0 Å². The third-order valence-corrected chi connectivity index (χ3v) is 5.62. The second-order valence-corrected chi connectivity index (χ2v) is 6.95. The molecule has 2 bridgehead atoms. The lowest BCUT2D eigenvalue weighted by atomic mass is 9.83. The lowest BCUT2D eigenvalue weighted by Crippen LogP contribution is -2.32. The highest BCUT2D eigenvalue weighted by molar-refractivity contribution is 5.10. The van der Waals surface area contributed by atoms with Crippen molar-refractivity contribution in [1.82, 2.24) is 15.1 Å². The van der Waals surface area contributed by atoms with Crippen LogP contribution in [0.5, 0.6) is 0 Å². The maximum Gasteiger partial charge on any atom is 0.0596 e. The number of rotatable bonds is 6. The van der Waals surface area contributed by atoms with Crippen molar-refractivity contribution >= 4 is 0 Å². The third-order valence-electron chi connectivity index (χ3n) is 5.62. The number of hydrogen-bond donors (Lipinski definition) is 1. The molecule has 0 aliphatic heterocycles. The molecule has 2 saturated carbocycles. The zero-order chi connectivity index (χ0) is 14.1. The zero-order valence-corrected chi connectivity index (χ0v) is 13.2. The Labute approximate surface area is 123 Å². The fraction of sp³-hybridized carbons (Fsp3) is 0.824. The maximum atomic E-state index is 4.58. The van der Waals surface area contributed by atoms with Crippen LogP contribution in [0.25, 0.3) is 0 Å². The van der Waals surface area contributed by atoms with Crippen LogP contribution in [0.3, 0.4) is 0 Å². The fourth-order valence-corrected chi connectivity index (χ4v) is 4.62. The van der Waals surface area contributed by atoms with Crippen LogP contribution in [0.1, 0.15) is 50.4 Å². The van der Waals surface area contributed by atoms with Gasteiger partial charge in [-0.05, 0) is 70.4 Å². The van der Waals surface area contributed by atoms with Crippen LogP contribution in [0.4, 0.5) is 0 Å². The van der Waals surface area contributed by atoms with Crippen molar-refractivity contribution in [3.8, 4) is 0 Å². The van der Waals surface area contributed by atoms with E-state index in [4.69, 9.17) is 0 Å². The largest absolute Gasteiger partial charge is 0.317 e. The predicted octanol–water partition coefficient (Wildman–Crippen LogP) is 3.17. The summed E-state index contributed by atoms with van der Waals surface area (Å²) >= 11 is 0. The van der Waals surface area contributed by atoms with E-state index in [1.807, 2.05) is 0 Å². The predicted molar refractivity (Wildman–Crippen MR) is 82.7 cm³/mol. The van der Waals surface area contributed by atoms with Crippen LogP contribution in [-0.4, -0.2) is 22.9 Å². The first-order chi connectivity index (χ1) is 9.69. The molecular formula is C17H29N3.